The van der Waals surface area contributed by atoms with E-state index in [4.69, 9.17) is 0 Å². The van der Waals surface area contributed by atoms with E-state index in [9.17, 15) is 21.6 Å². The molecule has 132 valence electrons. The van der Waals surface area contributed by atoms with Gasteiger partial charge < -0.3 is 4.57 Å². The molecular weight excluding hydrogens is 357 g/mol. The van der Waals surface area contributed by atoms with E-state index in [0.29, 0.717) is 0 Å². The maximum atomic E-state index is 12.8. The molecule has 25 heavy (non-hydrogen) atoms. The average molecular weight is 370 g/mol. The zero-order chi connectivity index (χ0) is 18.4. The SMILES string of the molecule is CCS(=O)(=O)c1ccncc1-c1nc2cc(C(F)(F)F)cnc2n1C. The average Bonchev–Trinajstić information content (AvgIpc) is 2.90. The van der Waals surface area contributed by atoms with Crippen LogP contribution in [-0.4, -0.2) is 33.7 Å². The first-order valence-corrected chi connectivity index (χ1v) is 8.87. The highest BCUT2D eigenvalue weighted by atomic mass is 32.2. The van der Waals surface area contributed by atoms with Crippen molar-refractivity contribution in [3.05, 3.63) is 36.3 Å². The van der Waals surface area contributed by atoms with Gasteiger partial charge in [0.2, 0.25) is 0 Å². The van der Waals surface area contributed by atoms with Crippen molar-refractivity contribution in [3.8, 4) is 11.4 Å². The molecule has 0 fully saturated rings. The Balaban J connectivity index is 2.26. The number of halogens is 3. The fourth-order valence-corrected chi connectivity index (χ4v) is 3.51. The van der Waals surface area contributed by atoms with Gasteiger partial charge in [0.25, 0.3) is 0 Å². The van der Waals surface area contributed by atoms with Gasteiger partial charge in [-0.3, -0.25) is 4.98 Å². The zero-order valence-electron chi connectivity index (χ0n) is 13.2. The van der Waals surface area contributed by atoms with Crippen molar-refractivity contribution in [1.82, 2.24) is 19.5 Å². The number of hydrogen-bond donors (Lipinski definition) is 0. The minimum Gasteiger partial charge on any atom is -0.312 e. The Morgan fingerprint density at radius 2 is 1.96 bits per heavy atom. The second kappa shape index (κ2) is 5.80. The van der Waals surface area contributed by atoms with E-state index in [0.717, 1.165) is 12.3 Å². The molecule has 0 aliphatic carbocycles. The van der Waals surface area contributed by atoms with Crippen molar-refractivity contribution < 1.29 is 21.6 Å². The third-order valence-electron chi connectivity index (χ3n) is 3.77. The van der Waals surface area contributed by atoms with Crippen LogP contribution >= 0.6 is 0 Å². The molecule has 0 bridgehead atoms. The van der Waals surface area contributed by atoms with Crippen LogP contribution in [0.15, 0.2) is 35.6 Å². The Bertz CT molecular complexity index is 1060. The predicted molar refractivity (Wildman–Crippen MR) is 84.5 cm³/mol. The molecule has 0 unspecified atom stereocenters. The first kappa shape index (κ1) is 17.3. The minimum absolute atomic E-state index is 0.0241. The molecular formula is C15H13F3N4O2S. The minimum atomic E-state index is -4.54. The van der Waals surface area contributed by atoms with E-state index in [2.05, 4.69) is 15.0 Å². The molecule has 6 nitrogen and oxygen atoms in total. The van der Waals surface area contributed by atoms with E-state index >= 15 is 0 Å². The van der Waals surface area contributed by atoms with E-state index in [-0.39, 0.29) is 33.2 Å². The lowest BCUT2D eigenvalue weighted by atomic mass is 10.2. The summed E-state index contributed by atoms with van der Waals surface area (Å²) < 4.78 is 64.5. The lowest BCUT2D eigenvalue weighted by Gasteiger charge is -2.08. The van der Waals surface area contributed by atoms with Gasteiger partial charge in [-0.1, -0.05) is 6.92 Å². The third-order valence-corrected chi connectivity index (χ3v) is 5.56. The highest BCUT2D eigenvalue weighted by Crippen LogP contribution is 2.32. The molecule has 0 spiro atoms. The van der Waals surface area contributed by atoms with Gasteiger partial charge in [0.1, 0.15) is 11.3 Å². The summed E-state index contributed by atoms with van der Waals surface area (Å²) >= 11 is 0. The maximum absolute atomic E-state index is 12.8. The summed E-state index contributed by atoms with van der Waals surface area (Å²) in [6, 6.07) is 2.23. The number of aryl methyl sites for hydroxylation is 1. The number of aromatic nitrogens is 4. The van der Waals surface area contributed by atoms with E-state index in [1.54, 1.807) is 7.05 Å². The van der Waals surface area contributed by atoms with Crippen LogP contribution in [0.5, 0.6) is 0 Å². The van der Waals surface area contributed by atoms with Gasteiger partial charge in [-0.2, -0.15) is 13.2 Å². The zero-order valence-corrected chi connectivity index (χ0v) is 14.1. The summed E-state index contributed by atoms with van der Waals surface area (Å²) in [4.78, 5) is 11.9. The van der Waals surface area contributed by atoms with Crippen molar-refractivity contribution in [2.45, 2.75) is 18.0 Å². The van der Waals surface area contributed by atoms with Crippen LogP contribution in [0.1, 0.15) is 12.5 Å². The molecule has 0 aliphatic heterocycles. The van der Waals surface area contributed by atoms with Gasteiger partial charge in [0.15, 0.2) is 15.5 Å². The number of nitrogens with zero attached hydrogens (tertiary/aromatic N) is 4. The van der Waals surface area contributed by atoms with E-state index < -0.39 is 21.6 Å². The van der Waals surface area contributed by atoms with Crippen molar-refractivity contribution in [2.75, 3.05) is 5.75 Å². The predicted octanol–water partition coefficient (Wildman–Crippen LogP) is 2.84. The van der Waals surface area contributed by atoms with Crippen LogP contribution < -0.4 is 0 Å². The molecule has 0 saturated heterocycles. The number of rotatable bonds is 3. The Morgan fingerprint density at radius 1 is 1.24 bits per heavy atom. The molecule has 3 rings (SSSR count). The molecule has 0 amide bonds. The van der Waals surface area contributed by atoms with Crippen molar-refractivity contribution >= 4 is 21.0 Å². The molecule has 0 saturated carbocycles. The largest absolute Gasteiger partial charge is 0.417 e. The quantitative estimate of drug-likeness (QED) is 0.708. The topological polar surface area (TPSA) is 77.7 Å². The van der Waals surface area contributed by atoms with Crippen molar-refractivity contribution in [2.24, 2.45) is 7.05 Å². The number of pyridine rings is 2. The van der Waals surface area contributed by atoms with E-state index in [1.807, 2.05) is 0 Å². The fourth-order valence-electron chi connectivity index (χ4n) is 2.45. The van der Waals surface area contributed by atoms with Gasteiger partial charge in [-0.05, 0) is 12.1 Å². The molecule has 3 aromatic heterocycles. The lowest BCUT2D eigenvalue weighted by molar-refractivity contribution is -0.137. The summed E-state index contributed by atoms with van der Waals surface area (Å²) in [6.07, 6.45) is -1.15. The van der Waals surface area contributed by atoms with Gasteiger partial charge in [0.05, 0.1) is 21.8 Å². The summed E-state index contributed by atoms with van der Waals surface area (Å²) in [7, 11) is -2.00. The lowest BCUT2D eigenvalue weighted by Crippen LogP contribution is -2.07. The highest BCUT2D eigenvalue weighted by molar-refractivity contribution is 7.91. The second-order valence-corrected chi connectivity index (χ2v) is 7.58. The number of hydrogen-bond acceptors (Lipinski definition) is 5. The van der Waals surface area contributed by atoms with Crippen LogP contribution in [0.4, 0.5) is 13.2 Å². The van der Waals surface area contributed by atoms with Crippen molar-refractivity contribution in [1.29, 1.82) is 0 Å². The van der Waals surface area contributed by atoms with Gasteiger partial charge >= 0.3 is 6.18 Å². The van der Waals surface area contributed by atoms with Crippen LogP contribution in [0.2, 0.25) is 0 Å². The number of sulfone groups is 1. The molecule has 0 N–H and O–H groups in total. The maximum Gasteiger partial charge on any atom is 0.417 e. The van der Waals surface area contributed by atoms with Crippen molar-refractivity contribution in [3.63, 3.8) is 0 Å². The Labute approximate surface area is 141 Å². The molecule has 0 aliphatic rings. The summed E-state index contributed by atoms with van der Waals surface area (Å²) in [5, 5.41) is 0. The summed E-state index contributed by atoms with van der Waals surface area (Å²) in [5.41, 5.74) is -0.460. The normalized spacial score (nSPS) is 12.7. The second-order valence-electron chi connectivity index (χ2n) is 5.33. The first-order valence-electron chi connectivity index (χ1n) is 7.22. The molecule has 0 radical (unpaired) electrons. The fraction of sp³-hybridized carbons (Fsp3) is 0.267. The Hall–Kier alpha value is -2.49. The summed E-state index contributed by atoms with van der Waals surface area (Å²) in [6.45, 7) is 1.51. The monoisotopic (exact) mass is 370 g/mol. The number of fused-ring (bicyclic) bond motifs is 1. The molecule has 10 heteroatoms. The van der Waals surface area contributed by atoms with E-state index in [1.165, 1.54) is 30.0 Å². The summed E-state index contributed by atoms with van der Waals surface area (Å²) in [5.74, 6) is 0.0618. The smallest absolute Gasteiger partial charge is 0.312 e. The number of alkyl halides is 3. The van der Waals surface area contributed by atoms with Gasteiger partial charge in [-0.25, -0.2) is 18.4 Å². The molecule has 0 atom stereocenters. The standard InChI is InChI=1S/C15H13F3N4O2S/c1-3-25(23,24)12-4-5-19-8-10(12)13-21-11-6-9(15(16,17)18)7-20-14(11)22(13)2/h4-8H,3H2,1-2H3. The Morgan fingerprint density at radius 3 is 2.60 bits per heavy atom. The highest BCUT2D eigenvalue weighted by Gasteiger charge is 2.32. The third kappa shape index (κ3) is 2.97. The molecule has 0 aromatic carbocycles. The molecule has 3 heterocycles. The van der Waals surface area contributed by atoms with Crippen LogP contribution in [0.25, 0.3) is 22.6 Å². The Kier molecular flexibility index (Phi) is 4.02. The van der Waals surface area contributed by atoms with Crippen LogP contribution in [0.3, 0.4) is 0 Å². The molecule has 3 aromatic rings. The van der Waals surface area contributed by atoms with Gasteiger partial charge in [-0.15, -0.1) is 0 Å². The number of imidazole rings is 1. The van der Waals surface area contributed by atoms with Crippen LogP contribution in [0, 0.1) is 0 Å². The first-order chi connectivity index (χ1) is 11.6. The van der Waals surface area contributed by atoms with Gasteiger partial charge in [0, 0.05) is 25.6 Å². The van der Waals surface area contributed by atoms with Crippen LogP contribution in [-0.2, 0) is 23.1 Å².